The molecule has 0 radical (unpaired) electrons. The van der Waals surface area contributed by atoms with Crippen molar-refractivity contribution in [2.45, 2.75) is 24.7 Å². The van der Waals surface area contributed by atoms with Crippen LogP contribution in [0.4, 0.5) is 0 Å². The van der Waals surface area contributed by atoms with E-state index in [1.807, 2.05) is 18.2 Å². The first-order valence-electron chi connectivity index (χ1n) is 4.34. The Kier molecular flexibility index (Phi) is 3.32. The molecule has 0 amide bonds. The van der Waals surface area contributed by atoms with Crippen LogP contribution in [0, 0.1) is 0 Å². The molecule has 1 aromatic carbocycles. The Morgan fingerprint density at radius 3 is 2.15 bits per heavy atom. The van der Waals surface area contributed by atoms with Crippen molar-refractivity contribution in [3.05, 3.63) is 29.8 Å². The summed E-state index contributed by atoms with van der Waals surface area (Å²) in [5.74, 6) is 0. The molecule has 0 saturated heterocycles. The van der Waals surface area contributed by atoms with Crippen LogP contribution in [0.5, 0.6) is 0 Å². The summed E-state index contributed by atoms with van der Waals surface area (Å²) in [6.45, 7) is 6.84. The topological polar surface area (TPSA) is 20.2 Å². The van der Waals surface area contributed by atoms with Crippen molar-refractivity contribution in [1.29, 1.82) is 0 Å². The average molecular weight is 259 g/mol. The maximum atomic E-state index is 9.51. The van der Waals surface area contributed by atoms with E-state index in [1.165, 1.54) is 5.19 Å². The van der Waals surface area contributed by atoms with Crippen LogP contribution in [0.1, 0.15) is 10.6 Å². The van der Waals surface area contributed by atoms with Crippen molar-refractivity contribution in [2.24, 2.45) is 0 Å². The van der Waals surface area contributed by atoms with Gasteiger partial charge in [-0.1, -0.05) is 65.0 Å². The summed E-state index contributed by atoms with van der Waals surface area (Å²) in [6.07, 6.45) is 0. The molecule has 0 saturated carbocycles. The Morgan fingerprint density at radius 1 is 1.23 bits per heavy atom. The Balaban J connectivity index is 3.20. The second-order valence-electron chi connectivity index (χ2n) is 4.17. The van der Waals surface area contributed by atoms with Crippen molar-refractivity contribution in [3.8, 4) is 0 Å². The summed E-state index contributed by atoms with van der Waals surface area (Å²) in [5, 5.41) is 10.3. The van der Waals surface area contributed by atoms with Gasteiger partial charge in [-0.2, -0.15) is 0 Å². The third-order valence-corrected chi connectivity index (χ3v) is 4.59. The molecular formula is C10H15BrOSi. The number of rotatable bonds is 2. The quantitative estimate of drug-likeness (QED) is 0.639. The van der Waals surface area contributed by atoms with Gasteiger partial charge in [-0.05, 0) is 5.56 Å². The third-order valence-electron chi connectivity index (χ3n) is 2.03. The number of aliphatic hydroxyl groups is 1. The van der Waals surface area contributed by atoms with Crippen molar-refractivity contribution >= 4 is 29.2 Å². The van der Waals surface area contributed by atoms with Crippen LogP contribution in [0.2, 0.25) is 19.6 Å². The van der Waals surface area contributed by atoms with E-state index in [0.717, 1.165) is 5.56 Å². The number of alkyl halides is 1. The minimum absolute atomic E-state index is 0.532. The molecule has 1 rings (SSSR count). The molecule has 0 aliphatic carbocycles. The van der Waals surface area contributed by atoms with Gasteiger partial charge in [0.15, 0.2) is 0 Å². The molecule has 0 aromatic heterocycles. The van der Waals surface area contributed by atoms with Crippen LogP contribution in [0.15, 0.2) is 24.3 Å². The zero-order valence-electron chi connectivity index (χ0n) is 8.21. The van der Waals surface area contributed by atoms with E-state index in [4.69, 9.17) is 0 Å². The first-order valence-corrected chi connectivity index (χ1v) is 8.76. The van der Waals surface area contributed by atoms with Crippen LogP contribution in [0.25, 0.3) is 0 Å². The monoisotopic (exact) mass is 258 g/mol. The van der Waals surface area contributed by atoms with Crippen molar-refractivity contribution in [1.82, 2.24) is 0 Å². The zero-order chi connectivity index (χ0) is 10.1. The highest BCUT2D eigenvalue weighted by atomic mass is 79.9. The average Bonchev–Trinajstić information content (AvgIpc) is 2.03. The van der Waals surface area contributed by atoms with Gasteiger partial charge in [-0.15, -0.1) is 0 Å². The predicted molar refractivity (Wildman–Crippen MR) is 63.3 cm³/mol. The Hall–Kier alpha value is -0.123. The largest absolute Gasteiger partial charge is 0.377 e. The van der Waals surface area contributed by atoms with Crippen LogP contribution >= 0.6 is 15.9 Å². The normalized spacial score (nSPS) is 14.2. The molecule has 1 nitrogen and oxygen atoms in total. The fourth-order valence-electron chi connectivity index (χ4n) is 1.39. The lowest BCUT2D eigenvalue weighted by molar-refractivity contribution is 0.278. The highest BCUT2D eigenvalue weighted by Crippen LogP contribution is 2.19. The predicted octanol–water partition coefficient (Wildman–Crippen LogP) is 2.62. The maximum Gasteiger partial charge on any atom is 0.134 e. The Bertz CT molecular complexity index is 291. The molecule has 1 N–H and O–H groups in total. The molecule has 1 aromatic rings. The Morgan fingerprint density at radius 2 is 1.77 bits per heavy atom. The first kappa shape index (κ1) is 11.0. The number of benzene rings is 1. The molecule has 0 aliphatic heterocycles. The molecule has 0 fully saturated rings. The van der Waals surface area contributed by atoms with E-state index >= 15 is 0 Å². The van der Waals surface area contributed by atoms with Gasteiger partial charge in [0.05, 0.1) is 8.07 Å². The van der Waals surface area contributed by atoms with Gasteiger partial charge < -0.3 is 5.11 Å². The highest BCUT2D eigenvalue weighted by Gasteiger charge is 2.21. The molecule has 1 atom stereocenters. The molecule has 3 heteroatoms. The van der Waals surface area contributed by atoms with Crippen LogP contribution < -0.4 is 5.19 Å². The lowest BCUT2D eigenvalue weighted by Gasteiger charge is -2.21. The van der Waals surface area contributed by atoms with Gasteiger partial charge >= 0.3 is 0 Å². The molecule has 0 heterocycles. The first-order chi connectivity index (χ1) is 5.93. The fourth-order valence-corrected chi connectivity index (χ4v) is 3.68. The second-order valence-corrected chi connectivity index (χ2v) is 10.1. The maximum absolute atomic E-state index is 9.51. The summed E-state index contributed by atoms with van der Waals surface area (Å²) in [4.78, 5) is 0. The third kappa shape index (κ3) is 2.66. The van der Waals surface area contributed by atoms with Crippen molar-refractivity contribution in [3.63, 3.8) is 0 Å². The Labute approximate surface area is 88.9 Å². The number of hydrogen-bond acceptors (Lipinski definition) is 1. The van der Waals surface area contributed by atoms with E-state index in [2.05, 4.69) is 41.6 Å². The lowest BCUT2D eigenvalue weighted by atomic mass is 10.2. The molecule has 13 heavy (non-hydrogen) atoms. The molecule has 72 valence electrons. The van der Waals surface area contributed by atoms with Gasteiger partial charge in [-0.3, -0.25) is 0 Å². The van der Waals surface area contributed by atoms with Gasteiger partial charge in [0.25, 0.3) is 0 Å². The standard InChI is InChI=1S/C10H15BrOSi/c1-13(2,3)9-7-5-4-6-8(9)10(11)12/h4-7,10,12H,1-3H3. The minimum Gasteiger partial charge on any atom is -0.377 e. The molecule has 0 bridgehead atoms. The van der Waals surface area contributed by atoms with Crippen LogP contribution in [0.3, 0.4) is 0 Å². The van der Waals surface area contributed by atoms with Crippen LogP contribution in [-0.2, 0) is 0 Å². The molecule has 0 spiro atoms. The van der Waals surface area contributed by atoms with E-state index in [-0.39, 0.29) is 0 Å². The van der Waals surface area contributed by atoms with E-state index in [9.17, 15) is 5.11 Å². The zero-order valence-corrected chi connectivity index (χ0v) is 10.8. The van der Waals surface area contributed by atoms with Crippen LogP contribution in [-0.4, -0.2) is 13.2 Å². The SMILES string of the molecule is C[Si](C)(C)c1ccccc1C(O)Br. The summed E-state index contributed by atoms with van der Waals surface area (Å²) >= 11 is 3.20. The van der Waals surface area contributed by atoms with E-state index in [1.54, 1.807) is 0 Å². The lowest BCUT2D eigenvalue weighted by Crippen LogP contribution is -2.40. The van der Waals surface area contributed by atoms with Gasteiger partial charge in [0.1, 0.15) is 5.01 Å². The number of aliphatic hydroxyl groups excluding tert-OH is 1. The van der Waals surface area contributed by atoms with Gasteiger partial charge in [-0.25, -0.2) is 0 Å². The van der Waals surface area contributed by atoms with Gasteiger partial charge in [0, 0.05) is 0 Å². The number of halogens is 1. The molecular weight excluding hydrogens is 244 g/mol. The fraction of sp³-hybridized carbons (Fsp3) is 0.400. The van der Waals surface area contributed by atoms with E-state index in [0.29, 0.717) is 0 Å². The summed E-state index contributed by atoms with van der Waals surface area (Å²) < 4.78 is 0. The van der Waals surface area contributed by atoms with Gasteiger partial charge in [0.2, 0.25) is 0 Å². The smallest absolute Gasteiger partial charge is 0.134 e. The highest BCUT2D eigenvalue weighted by molar-refractivity contribution is 9.09. The minimum atomic E-state index is -1.33. The second kappa shape index (κ2) is 3.94. The molecule has 0 aliphatic rings. The van der Waals surface area contributed by atoms with Crippen molar-refractivity contribution < 1.29 is 5.11 Å². The summed E-state index contributed by atoms with van der Waals surface area (Å²) in [6, 6.07) is 8.09. The molecule has 1 unspecified atom stereocenters. The van der Waals surface area contributed by atoms with E-state index < -0.39 is 13.1 Å². The van der Waals surface area contributed by atoms with Crippen molar-refractivity contribution in [2.75, 3.05) is 0 Å². The summed E-state index contributed by atoms with van der Waals surface area (Å²) in [5.41, 5.74) is 1.02. The number of hydrogen-bond donors (Lipinski definition) is 1. The summed E-state index contributed by atoms with van der Waals surface area (Å²) in [7, 11) is -1.33.